The third kappa shape index (κ3) is 7.62. The first-order chi connectivity index (χ1) is 11.6. The first kappa shape index (κ1) is 19.5. The van der Waals surface area contributed by atoms with Gasteiger partial charge in [0.05, 0.1) is 20.4 Å². The standard InChI is InChI=1S/C17H24N2O5/c1-23-14-10-9-13(15(11-14)24-2)12-18-19-16(20)7-5-3-4-6-8-17(21)22/h9-12H,3-8H2,1-2H3,(H,19,20)(H,21,22)/b18-12+. The second-order valence-electron chi connectivity index (χ2n) is 5.21. The fourth-order valence-electron chi connectivity index (χ4n) is 2.07. The monoisotopic (exact) mass is 336 g/mol. The van der Waals surface area contributed by atoms with Crippen LogP contribution in [0.3, 0.4) is 0 Å². The van der Waals surface area contributed by atoms with Gasteiger partial charge in [-0.3, -0.25) is 9.59 Å². The van der Waals surface area contributed by atoms with Crippen LogP contribution in [0.4, 0.5) is 0 Å². The van der Waals surface area contributed by atoms with E-state index >= 15 is 0 Å². The zero-order valence-electron chi connectivity index (χ0n) is 14.1. The van der Waals surface area contributed by atoms with Gasteiger partial charge in [-0.15, -0.1) is 0 Å². The van der Waals surface area contributed by atoms with Crippen LogP contribution in [0, 0.1) is 0 Å². The van der Waals surface area contributed by atoms with Crippen molar-refractivity contribution in [3.05, 3.63) is 23.8 Å². The van der Waals surface area contributed by atoms with Crippen molar-refractivity contribution in [2.45, 2.75) is 38.5 Å². The molecule has 0 aliphatic rings. The summed E-state index contributed by atoms with van der Waals surface area (Å²) in [5.74, 6) is 0.328. The molecule has 2 N–H and O–H groups in total. The molecule has 0 unspecified atom stereocenters. The van der Waals surface area contributed by atoms with Gasteiger partial charge >= 0.3 is 5.97 Å². The highest BCUT2D eigenvalue weighted by molar-refractivity contribution is 5.85. The molecule has 1 amide bonds. The number of benzene rings is 1. The molecule has 0 spiro atoms. The van der Waals surface area contributed by atoms with E-state index < -0.39 is 5.97 Å². The molecule has 0 aromatic heterocycles. The summed E-state index contributed by atoms with van der Waals surface area (Å²) in [6.45, 7) is 0. The van der Waals surface area contributed by atoms with Crippen molar-refractivity contribution < 1.29 is 24.2 Å². The predicted molar refractivity (Wildman–Crippen MR) is 90.6 cm³/mol. The third-order valence-electron chi connectivity index (χ3n) is 3.38. The summed E-state index contributed by atoms with van der Waals surface area (Å²) in [6.07, 6.45) is 5.06. The van der Waals surface area contributed by atoms with Gasteiger partial charge in [0.25, 0.3) is 0 Å². The number of nitrogens with zero attached hydrogens (tertiary/aromatic N) is 1. The maximum atomic E-state index is 11.7. The van der Waals surface area contributed by atoms with Gasteiger partial charge in [0.1, 0.15) is 11.5 Å². The van der Waals surface area contributed by atoms with E-state index in [1.54, 1.807) is 32.4 Å². The number of carboxylic acid groups (broad SMARTS) is 1. The first-order valence-corrected chi connectivity index (χ1v) is 7.82. The maximum absolute atomic E-state index is 11.7. The Bertz CT molecular complexity index is 572. The van der Waals surface area contributed by atoms with Gasteiger partial charge < -0.3 is 14.6 Å². The molecule has 1 aromatic rings. The first-order valence-electron chi connectivity index (χ1n) is 7.82. The molecule has 7 nitrogen and oxygen atoms in total. The van der Waals surface area contributed by atoms with Crippen LogP contribution in [0.15, 0.2) is 23.3 Å². The molecule has 0 atom stereocenters. The number of nitrogens with one attached hydrogen (secondary N) is 1. The van der Waals surface area contributed by atoms with Crippen LogP contribution < -0.4 is 14.9 Å². The fourth-order valence-corrected chi connectivity index (χ4v) is 2.07. The molecule has 0 aliphatic heterocycles. The zero-order valence-corrected chi connectivity index (χ0v) is 14.1. The molecule has 7 heteroatoms. The Balaban J connectivity index is 2.31. The Labute approximate surface area is 141 Å². The average Bonchev–Trinajstić information content (AvgIpc) is 2.57. The van der Waals surface area contributed by atoms with Crippen molar-refractivity contribution in [2.75, 3.05) is 14.2 Å². The summed E-state index contributed by atoms with van der Waals surface area (Å²) in [4.78, 5) is 22.0. The van der Waals surface area contributed by atoms with E-state index in [1.807, 2.05) is 0 Å². The smallest absolute Gasteiger partial charge is 0.303 e. The van der Waals surface area contributed by atoms with E-state index in [0.717, 1.165) is 18.4 Å². The molecular weight excluding hydrogens is 312 g/mol. The SMILES string of the molecule is COc1ccc(/C=N/NC(=O)CCCCCCC(=O)O)c(OC)c1. The normalized spacial score (nSPS) is 10.6. The van der Waals surface area contributed by atoms with Gasteiger partial charge in [-0.25, -0.2) is 5.43 Å². The molecule has 1 rings (SSSR count). The number of unbranched alkanes of at least 4 members (excludes halogenated alkanes) is 3. The summed E-state index contributed by atoms with van der Waals surface area (Å²) in [6, 6.07) is 5.30. The molecule has 0 aliphatic carbocycles. The van der Waals surface area contributed by atoms with Crippen LogP contribution in [-0.2, 0) is 9.59 Å². The third-order valence-corrected chi connectivity index (χ3v) is 3.38. The number of carboxylic acids is 1. The summed E-state index contributed by atoms with van der Waals surface area (Å²) >= 11 is 0. The number of carbonyl (C=O) groups excluding carboxylic acids is 1. The number of hydrazone groups is 1. The number of rotatable bonds is 11. The van der Waals surface area contributed by atoms with Crippen LogP contribution >= 0.6 is 0 Å². The van der Waals surface area contributed by atoms with Crippen molar-refractivity contribution in [1.82, 2.24) is 5.43 Å². The molecular formula is C17H24N2O5. The van der Waals surface area contributed by atoms with Gasteiger partial charge in [0, 0.05) is 24.5 Å². The van der Waals surface area contributed by atoms with E-state index in [4.69, 9.17) is 14.6 Å². The highest BCUT2D eigenvalue weighted by Crippen LogP contribution is 2.22. The molecule has 0 radical (unpaired) electrons. The number of hydrogen-bond acceptors (Lipinski definition) is 5. The molecule has 0 saturated carbocycles. The Hall–Kier alpha value is -2.57. The molecule has 1 aromatic carbocycles. The number of amides is 1. The fraction of sp³-hybridized carbons (Fsp3) is 0.471. The molecule has 24 heavy (non-hydrogen) atoms. The van der Waals surface area contributed by atoms with Crippen molar-refractivity contribution in [1.29, 1.82) is 0 Å². The summed E-state index contributed by atoms with van der Waals surface area (Å²) in [5.41, 5.74) is 3.20. The van der Waals surface area contributed by atoms with E-state index in [1.165, 1.54) is 6.21 Å². The Morgan fingerprint density at radius 3 is 2.46 bits per heavy atom. The summed E-state index contributed by atoms with van der Waals surface area (Å²) in [7, 11) is 3.12. The van der Waals surface area contributed by atoms with E-state index in [-0.39, 0.29) is 12.3 Å². The van der Waals surface area contributed by atoms with Gasteiger partial charge in [0.2, 0.25) is 5.91 Å². The average molecular weight is 336 g/mol. The Kier molecular flexibility index (Phi) is 8.96. The van der Waals surface area contributed by atoms with E-state index in [2.05, 4.69) is 10.5 Å². The zero-order chi connectivity index (χ0) is 17.8. The number of carbonyl (C=O) groups is 2. The number of methoxy groups -OCH3 is 2. The largest absolute Gasteiger partial charge is 0.497 e. The van der Waals surface area contributed by atoms with Crippen LogP contribution in [0.25, 0.3) is 0 Å². The second-order valence-corrected chi connectivity index (χ2v) is 5.21. The molecule has 0 bridgehead atoms. The lowest BCUT2D eigenvalue weighted by Crippen LogP contribution is -2.17. The topological polar surface area (TPSA) is 97.2 Å². The highest BCUT2D eigenvalue weighted by Gasteiger charge is 2.04. The van der Waals surface area contributed by atoms with E-state index in [0.29, 0.717) is 30.8 Å². The highest BCUT2D eigenvalue weighted by atomic mass is 16.5. The molecule has 0 fully saturated rings. The van der Waals surface area contributed by atoms with Crippen molar-refractivity contribution in [3.8, 4) is 11.5 Å². The van der Waals surface area contributed by atoms with Crippen molar-refractivity contribution in [2.24, 2.45) is 5.10 Å². The number of hydrogen-bond donors (Lipinski definition) is 2. The minimum atomic E-state index is -0.781. The van der Waals surface area contributed by atoms with Crippen LogP contribution in [0.2, 0.25) is 0 Å². The summed E-state index contributed by atoms with van der Waals surface area (Å²) < 4.78 is 10.4. The lowest BCUT2D eigenvalue weighted by Gasteiger charge is -2.06. The maximum Gasteiger partial charge on any atom is 0.303 e. The van der Waals surface area contributed by atoms with Crippen LogP contribution in [0.5, 0.6) is 11.5 Å². The van der Waals surface area contributed by atoms with E-state index in [9.17, 15) is 9.59 Å². The van der Waals surface area contributed by atoms with Crippen molar-refractivity contribution in [3.63, 3.8) is 0 Å². The van der Waals surface area contributed by atoms with Gasteiger partial charge in [0.15, 0.2) is 0 Å². The molecule has 132 valence electrons. The minimum absolute atomic E-state index is 0.169. The Morgan fingerprint density at radius 2 is 1.83 bits per heavy atom. The lowest BCUT2D eigenvalue weighted by atomic mass is 10.1. The second kappa shape index (κ2) is 11.0. The summed E-state index contributed by atoms with van der Waals surface area (Å²) in [5, 5.41) is 12.4. The minimum Gasteiger partial charge on any atom is -0.497 e. The van der Waals surface area contributed by atoms with Gasteiger partial charge in [-0.2, -0.15) is 5.10 Å². The molecule has 0 heterocycles. The Morgan fingerprint density at radius 1 is 1.12 bits per heavy atom. The van der Waals surface area contributed by atoms with Crippen LogP contribution in [0.1, 0.15) is 44.1 Å². The number of ether oxygens (including phenoxy) is 2. The number of aliphatic carboxylic acids is 1. The van der Waals surface area contributed by atoms with Crippen LogP contribution in [-0.4, -0.2) is 37.4 Å². The quantitative estimate of drug-likeness (QED) is 0.368. The van der Waals surface area contributed by atoms with Gasteiger partial charge in [-0.1, -0.05) is 12.8 Å². The van der Waals surface area contributed by atoms with Gasteiger partial charge in [-0.05, 0) is 25.0 Å². The predicted octanol–water partition coefficient (Wildman–Crippen LogP) is 2.58. The van der Waals surface area contributed by atoms with Crippen molar-refractivity contribution >= 4 is 18.1 Å². The molecule has 0 saturated heterocycles. The lowest BCUT2D eigenvalue weighted by molar-refractivity contribution is -0.137.